The molecule has 6 nitrogen and oxygen atoms in total. The second kappa shape index (κ2) is 7.41. The highest BCUT2D eigenvalue weighted by atomic mass is 16.5. The first-order valence-corrected chi connectivity index (χ1v) is 9.54. The molecule has 1 unspecified atom stereocenters. The third-order valence-electron chi connectivity index (χ3n) is 5.43. The maximum absolute atomic E-state index is 13.1. The van der Waals surface area contributed by atoms with Crippen LogP contribution >= 0.6 is 0 Å². The highest BCUT2D eigenvalue weighted by Crippen LogP contribution is 2.50. The van der Waals surface area contributed by atoms with Gasteiger partial charge in [0.25, 0.3) is 0 Å². The van der Waals surface area contributed by atoms with Crippen LogP contribution in [0.4, 0.5) is 0 Å². The number of para-hydroxylation sites is 1. The smallest absolute Gasteiger partial charge is 0.315 e. The number of phenolic OH excluding ortho intramolecular Hbond substituents is 1. The molecular formula is C22H27NO5. The van der Waals surface area contributed by atoms with Gasteiger partial charge in [-0.2, -0.15) is 0 Å². The zero-order chi connectivity index (χ0) is 20.6. The fourth-order valence-electron chi connectivity index (χ4n) is 4.27. The van der Waals surface area contributed by atoms with Crippen LogP contribution in [0, 0.1) is 11.3 Å². The van der Waals surface area contributed by atoms with E-state index in [-0.39, 0.29) is 23.6 Å². The number of carbonyl (C=O) groups excluding carboxylic acids is 2. The Labute approximate surface area is 165 Å². The maximum Gasteiger partial charge on any atom is 0.315 e. The fourth-order valence-corrected chi connectivity index (χ4v) is 4.27. The number of ether oxygens (including phenoxy) is 2. The van der Waals surface area contributed by atoms with E-state index in [0.717, 1.165) is 0 Å². The first-order chi connectivity index (χ1) is 13.2. The van der Waals surface area contributed by atoms with Crippen molar-refractivity contribution in [2.75, 3.05) is 13.7 Å². The lowest BCUT2D eigenvalue weighted by atomic mass is 9.66. The molecule has 0 radical (unpaired) electrons. The summed E-state index contributed by atoms with van der Waals surface area (Å²) in [5.41, 5.74) is 2.08. The standard InChI is InChI=1S/C22H27NO5/c1-6-28-21(26)17-12(2)23-14-10-22(3,4)11-15(24)19(14)18(17)13-8-7-9-16(27-5)20(13)25/h7-9,17-18,25H,6,10-11H2,1-5H3/t17?,18-/m1/s1. The quantitative estimate of drug-likeness (QED) is 0.797. The molecule has 0 spiro atoms. The molecule has 2 atom stereocenters. The lowest BCUT2D eigenvalue weighted by Crippen LogP contribution is -2.39. The molecule has 150 valence electrons. The van der Waals surface area contributed by atoms with Crippen LogP contribution in [0.15, 0.2) is 34.5 Å². The Hall–Kier alpha value is -2.63. The summed E-state index contributed by atoms with van der Waals surface area (Å²) < 4.78 is 10.5. The van der Waals surface area contributed by atoms with Gasteiger partial charge in [0, 0.05) is 34.9 Å². The summed E-state index contributed by atoms with van der Waals surface area (Å²) in [4.78, 5) is 30.6. The van der Waals surface area contributed by atoms with Crippen molar-refractivity contribution in [1.82, 2.24) is 0 Å². The number of carbonyl (C=O) groups is 2. The fraction of sp³-hybridized carbons (Fsp3) is 0.500. The molecule has 0 saturated heterocycles. The van der Waals surface area contributed by atoms with E-state index in [2.05, 4.69) is 4.99 Å². The van der Waals surface area contributed by atoms with E-state index < -0.39 is 17.8 Å². The summed E-state index contributed by atoms with van der Waals surface area (Å²) in [5.74, 6) is -1.66. The molecule has 0 bridgehead atoms. The number of ketones is 1. The average molecular weight is 385 g/mol. The van der Waals surface area contributed by atoms with Crippen LogP contribution < -0.4 is 4.74 Å². The van der Waals surface area contributed by atoms with Gasteiger partial charge >= 0.3 is 5.97 Å². The number of hydrogen-bond donors (Lipinski definition) is 1. The van der Waals surface area contributed by atoms with Crippen LogP contribution in [-0.4, -0.2) is 36.3 Å². The van der Waals surface area contributed by atoms with E-state index in [1.54, 1.807) is 32.0 Å². The third-order valence-corrected chi connectivity index (χ3v) is 5.43. The van der Waals surface area contributed by atoms with E-state index in [0.29, 0.717) is 41.1 Å². The normalized spacial score (nSPS) is 23.8. The number of aliphatic imine (C=N–C) groups is 1. The third kappa shape index (κ3) is 3.43. The number of benzene rings is 1. The van der Waals surface area contributed by atoms with Crippen LogP contribution in [0.5, 0.6) is 11.5 Å². The number of nitrogens with zero attached hydrogens (tertiary/aromatic N) is 1. The van der Waals surface area contributed by atoms with E-state index >= 15 is 0 Å². The minimum Gasteiger partial charge on any atom is -0.504 e. The summed E-state index contributed by atoms with van der Waals surface area (Å²) in [7, 11) is 1.47. The first kappa shape index (κ1) is 20.1. The van der Waals surface area contributed by atoms with Crippen molar-refractivity contribution >= 4 is 17.5 Å². The van der Waals surface area contributed by atoms with E-state index in [4.69, 9.17) is 9.47 Å². The predicted molar refractivity (Wildman–Crippen MR) is 106 cm³/mol. The summed E-state index contributed by atoms with van der Waals surface area (Å²) in [6.07, 6.45) is 1.01. The van der Waals surface area contributed by atoms with Gasteiger partial charge in [0.05, 0.1) is 13.7 Å². The van der Waals surface area contributed by atoms with E-state index in [1.807, 2.05) is 13.8 Å². The molecule has 0 fully saturated rings. The Bertz CT molecular complexity index is 881. The Morgan fingerprint density at radius 2 is 2.04 bits per heavy atom. The molecular weight excluding hydrogens is 358 g/mol. The molecule has 1 aromatic rings. The van der Waals surface area contributed by atoms with Crippen molar-refractivity contribution in [1.29, 1.82) is 0 Å². The van der Waals surface area contributed by atoms with Crippen LogP contribution in [0.1, 0.15) is 52.0 Å². The van der Waals surface area contributed by atoms with Crippen molar-refractivity contribution in [3.63, 3.8) is 0 Å². The Morgan fingerprint density at radius 3 is 2.68 bits per heavy atom. The van der Waals surface area contributed by atoms with Gasteiger partial charge < -0.3 is 14.6 Å². The van der Waals surface area contributed by atoms with Gasteiger partial charge in [0.1, 0.15) is 5.92 Å². The minimum absolute atomic E-state index is 0.0379. The number of methoxy groups -OCH3 is 1. The molecule has 1 aliphatic heterocycles. The molecule has 1 aliphatic carbocycles. The maximum atomic E-state index is 13.1. The zero-order valence-corrected chi connectivity index (χ0v) is 17.0. The Kier molecular flexibility index (Phi) is 5.33. The number of phenols is 1. The van der Waals surface area contributed by atoms with Crippen molar-refractivity contribution in [3.8, 4) is 11.5 Å². The Morgan fingerprint density at radius 1 is 1.32 bits per heavy atom. The number of aromatic hydroxyl groups is 1. The van der Waals surface area contributed by atoms with Gasteiger partial charge in [-0.25, -0.2) is 0 Å². The van der Waals surface area contributed by atoms with Gasteiger partial charge in [-0.3, -0.25) is 14.6 Å². The molecule has 0 saturated carbocycles. The van der Waals surface area contributed by atoms with Crippen molar-refractivity contribution in [3.05, 3.63) is 35.0 Å². The second-order valence-electron chi connectivity index (χ2n) is 8.16. The topological polar surface area (TPSA) is 85.2 Å². The highest BCUT2D eigenvalue weighted by Gasteiger charge is 2.47. The Balaban J connectivity index is 2.23. The van der Waals surface area contributed by atoms with Gasteiger partial charge in [-0.05, 0) is 31.7 Å². The summed E-state index contributed by atoms with van der Waals surface area (Å²) >= 11 is 0. The molecule has 1 heterocycles. The predicted octanol–water partition coefficient (Wildman–Crippen LogP) is 3.78. The number of hydrogen-bond acceptors (Lipinski definition) is 6. The average Bonchev–Trinajstić information content (AvgIpc) is 2.59. The monoisotopic (exact) mass is 385 g/mol. The van der Waals surface area contributed by atoms with Crippen LogP contribution in [0.3, 0.4) is 0 Å². The lowest BCUT2D eigenvalue weighted by molar-refractivity contribution is -0.146. The number of Topliss-reactive ketones (excluding diaryl/α,β-unsaturated/α-hetero) is 1. The highest BCUT2D eigenvalue weighted by molar-refractivity contribution is 6.09. The molecule has 0 amide bonds. The van der Waals surface area contributed by atoms with Gasteiger partial charge in [-0.15, -0.1) is 0 Å². The van der Waals surface area contributed by atoms with Gasteiger partial charge in [0.15, 0.2) is 17.3 Å². The second-order valence-corrected chi connectivity index (χ2v) is 8.16. The summed E-state index contributed by atoms with van der Waals surface area (Å²) in [6, 6.07) is 5.11. The van der Waals surface area contributed by atoms with Crippen molar-refractivity contribution in [2.24, 2.45) is 16.3 Å². The minimum atomic E-state index is -0.762. The lowest BCUT2D eigenvalue weighted by Gasteiger charge is -2.39. The SMILES string of the molecule is CCOC(=O)C1C(C)=NC2=C(C(=O)CC(C)(C)C2)[C@@H]1c1cccc(OC)c1O. The van der Waals surface area contributed by atoms with Crippen LogP contribution in [0.2, 0.25) is 0 Å². The molecule has 2 aliphatic rings. The molecule has 28 heavy (non-hydrogen) atoms. The first-order valence-electron chi connectivity index (χ1n) is 9.54. The number of allylic oxidation sites excluding steroid dienone is 2. The van der Waals surface area contributed by atoms with Crippen LogP contribution in [-0.2, 0) is 14.3 Å². The van der Waals surface area contributed by atoms with Gasteiger partial charge in [-0.1, -0.05) is 26.0 Å². The van der Waals surface area contributed by atoms with E-state index in [9.17, 15) is 14.7 Å². The number of rotatable bonds is 4. The molecule has 1 N–H and O–H groups in total. The van der Waals surface area contributed by atoms with E-state index in [1.165, 1.54) is 7.11 Å². The molecule has 3 rings (SSSR count). The summed E-state index contributed by atoms with van der Waals surface area (Å²) in [5, 5.41) is 10.8. The molecule has 6 heteroatoms. The summed E-state index contributed by atoms with van der Waals surface area (Å²) in [6.45, 7) is 7.82. The van der Waals surface area contributed by atoms with Crippen LogP contribution in [0.25, 0.3) is 0 Å². The zero-order valence-electron chi connectivity index (χ0n) is 17.0. The van der Waals surface area contributed by atoms with Crippen molar-refractivity contribution in [2.45, 2.75) is 46.5 Å². The largest absolute Gasteiger partial charge is 0.504 e. The van der Waals surface area contributed by atoms with Gasteiger partial charge in [0.2, 0.25) is 0 Å². The molecule has 0 aromatic heterocycles. The number of esters is 1. The molecule has 1 aromatic carbocycles. The van der Waals surface area contributed by atoms with Crippen molar-refractivity contribution < 1.29 is 24.2 Å².